The van der Waals surface area contributed by atoms with E-state index in [1.807, 2.05) is 0 Å². The molecule has 0 aliphatic heterocycles. The molecule has 0 aromatic carbocycles. The van der Waals surface area contributed by atoms with Crippen LogP contribution in [0.15, 0.2) is 0 Å². The number of nitrogens with two attached hydrogens (primary N) is 1. The Hall–Kier alpha value is -0.770. The van der Waals surface area contributed by atoms with Crippen LogP contribution in [0.2, 0.25) is 0 Å². The van der Waals surface area contributed by atoms with E-state index in [4.69, 9.17) is 5.73 Å². The van der Waals surface area contributed by atoms with Crippen molar-refractivity contribution >= 4 is 6.03 Å². The Morgan fingerprint density at radius 3 is 2.41 bits per heavy atom. The first kappa shape index (κ1) is 12.7. The van der Waals surface area contributed by atoms with Crippen molar-refractivity contribution in [2.75, 3.05) is 6.54 Å². The minimum Gasteiger partial charge on any atom is -0.338 e. The number of amides is 2. The zero-order valence-corrected chi connectivity index (χ0v) is 10.6. The van der Waals surface area contributed by atoms with Crippen molar-refractivity contribution in [3.63, 3.8) is 0 Å². The van der Waals surface area contributed by atoms with E-state index in [9.17, 15) is 4.79 Å². The van der Waals surface area contributed by atoms with Crippen LogP contribution in [0.25, 0.3) is 0 Å². The molecule has 98 valence electrons. The highest BCUT2D eigenvalue weighted by Crippen LogP contribution is 2.22. The Kier molecular flexibility index (Phi) is 4.66. The molecule has 0 aromatic rings. The Morgan fingerprint density at radius 1 is 1.06 bits per heavy atom. The molecule has 0 saturated heterocycles. The van der Waals surface area contributed by atoms with Crippen molar-refractivity contribution in [3.05, 3.63) is 0 Å². The molecule has 17 heavy (non-hydrogen) atoms. The van der Waals surface area contributed by atoms with Gasteiger partial charge in [0.2, 0.25) is 0 Å². The van der Waals surface area contributed by atoms with Gasteiger partial charge in [0.05, 0.1) is 0 Å². The van der Waals surface area contributed by atoms with Crippen molar-refractivity contribution in [1.82, 2.24) is 10.6 Å². The lowest BCUT2D eigenvalue weighted by Crippen LogP contribution is -2.46. The molecule has 0 radical (unpaired) electrons. The normalized spacial score (nSPS) is 30.2. The number of hydrogen-bond donors (Lipinski definition) is 3. The van der Waals surface area contributed by atoms with Gasteiger partial charge < -0.3 is 16.4 Å². The lowest BCUT2D eigenvalue weighted by atomic mass is 9.85. The van der Waals surface area contributed by atoms with Crippen LogP contribution in [-0.4, -0.2) is 24.7 Å². The second-order valence-corrected chi connectivity index (χ2v) is 5.54. The van der Waals surface area contributed by atoms with E-state index in [0.29, 0.717) is 12.0 Å². The fourth-order valence-electron chi connectivity index (χ4n) is 3.02. The van der Waals surface area contributed by atoms with Gasteiger partial charge in [-0.25, -0.2) is 4.79 Å². The molecule has 4 N–H and O–H groups in total. The van der Waals surface area contributed by atoms with Gasteiger partial charge in [0, 0.05) is 18.6 Å². The molecule has 2 amide bonds. The third-order valence-electron chi connectivity index (χ3n) is 4.18. The van der Waals surface area contributed by atoms with E-state index >= 15 is 0 Å². The minimum atomic E-state index is -0.00493. The van der Waals surface area contributed by atoms with Crippen molar-refractivity contribution in [3.8, 4) is 0 Å². The molecule has 2 saturated carbocycles. The monoisotopic (exact) mass is 239 g/mol. The topological polar surface area (TPSA) is 67.1 Å². The molecule has 0 bridgehead atoms. The molecular formula is C13H25N3O. The van der Waals surface area contributed by atoms with Crippen molar-refractivity contribution in [2.24, 2.45) is 11.7 Å². The van der Waals surface area contributed by atoms with Crippen LogP contribution < -0.4 is 16.4 Å². The number of nitrogens with one attached hydrogen (secondary N) is 2. The van der Waals surface area contributed by atoms with Gasteiger partial charge in [-0.05, 0) is 31.6 Å². The zero-order valence-electron chi connectivity index (χ0n) is 10.6. The molecule has 4 nitrogen and oxygen atoms in total. The fraction of sp³-hybridized carbons (Fsp3) is 0.923. The summed E-state index contributed by atoms with van der Waals surface area (Å²) in [6, 6.07) is 0.667. The minimum absolute atomic E-state index is 0.00493. The third-order valence-corrected chi connectivity index (χ3v) is 4.18. The van der Waals surface area contributed by atoms with E-state index < -0.39 is 0 Å². The molecule has 2 aliphatic rings. The number of hydrogen-bond acceptors (Lipinski definition) is 2. The Balaban J connectivity index is 1.64. The first-order valence-corrected chi connectivity index (χ1v) is 7.05. The molecule has 0 aromatic heterocycles. The lowest BCUT2D eigenvalue weighted by Gasteiger charge is -2.28. The maximum Gasteiger partial charge on any atom is 0.315 e. The number of carbonyl (C=O) groups excluding carboxylic acids is 1. The van der Waals surface area contributed by atoms with Gasteiger partial charge in [-0.2, -0.15) is 0 Å². The maximum atomic E-state index is 11.7. The molecule has 2 rings (SSSR count). The predicted octanol–water partition coefficient (Wildman–Crippen LogP) is 1.75. The highest BCUT2D eigenvalue weighted by Gasteiger charge is 2.23. The summed E-state index contributed by atoms with van der Waals surface area (Å²) >= 11 is 0. The lowest BCUT2D eigenvalue weighted by molar-refractivity contribution is 0.230. The van der Waals surface area contributed by atoms with Crippen LogP contribution in [0.4, 0.5) is 4.79 Å². The van der Waals surface area contributed by atoms with Gasteiger partial charge in [-0.3, -0.25) is 0 Å². The highest BCUT2D eigenvalue weighted by atomic mass is 16.2. The first-order chi connectivity index (χ1) is 8.25. The second kappa shape index (κ2) is 6.24. The van der Waals surface area contributed by atoms with Crippen molar-refractivity contribution < 1.29 is 4.79 Å². The predicted molar refractivity (Wildman–Crippen MR) is 68.7 cm³/mol. The molecule has 4 heteroatoms. The Bertz CT molecular complexity index is 251. The Morgan fingerprint density at radius 2 is 1.71 bits per heavy atom. The number of urea groups is 1. The molecule has 2 unspecified atom stereocenters. The molecule has 2 fully saturated rings. The summed E-state index contributed by atoms with van der Waals surface area (Å²) in [5.74, 6) is 0.470. The zero-order chi connectivity index (χ0) is 12.1. The van der Waals surface area contributed by atoms with Crippen LogP contribution in [0.1, 0.15) is 51.4 Å². The molecule has 0 heterocycles. The van der Waals surface area contributed by atoms with Gasteiger partial charge >= 0.3 is 6.03 Å². The largest absolute Gasteiger partial charge is 0.338 e. The van der Waals surface area contributed by atoms with E-state index in [-0.39, 0.29) is 12.1 Å². The van der Waals surface area contributed by atoms with Crippen LogP contribution >= 0.6 is 0 Å². The van der Waals surface area contributed by atoms with Gasteiger partial charge in [0.15, 0.2) is 0 Å². The summed E-state index contributed by atoms with van der Waals surface area (Å²) < 4.78 is 0. The maximum absolute atomic E-state index is 11.7. The average molecular weight is 239 g/mol. The first-order valence-electron chi connectivity index (χ1n) is 7.05. The standard InChI is InChI=1S/C13H25N3O/c14-12-8-4-1-5-10(12)9-15-13(17)16-11-6-2-3-7-11/h10-12H,1-9,14H2,(H2,15,16,17). The average Bonchev–Trinajstić information content (AvgIpc) is 2.81. The summed E-state index contributed by atoms with van der Waals surface area (Å²) in [6.45, 7) is 0.736. The SMILES string of the molecule is NC1CCCCC1CNC(=O)NC1CCCC1. The number of rotatable bonds is 3. The summed E-state index contributed by atoms with van der Waals surface area (Å²) in [7, 11) is 0. The van der Waals surface area contributed by atoms with Gasteiger partial charge in [-0.1, -0.05) is 25.7 Å². The van der Waals surface area contributed by atoms with Gasteiger partial charge in [-0.15, -0.1) is 0 Å². The van der Waals surface area contributed by atoms with Crippen LogP contribution in [-0.2, 0) is 0 Å². The van der Waals surface area contributed by atoms with E-state index in [1.165, 1.54) is 25.7 Å². The van der Waals surface area contributed by atoms with Crippen LogP contribution in [0.5, 0.6) is 0 Å². The van der Waals surface area contributed by atoms with Gasteiger partial charge in [0.25, 0.3) is 0 Å². The molecule has 2 atom stereocenters. The third kappa shape index (κ3) is 3.87. The van der Waals surface area contributed by atoms with E-state index in [1.54, 1.807) is 0 Å². The summed E-state index contributed by atoms with van der Waals surface area (Å²) in [6.07, 6.45) is 9.53. The summed E-state index contributed by atoms with van der Waals surface area (Å²) in [5.41, 5.74) is 6.06. The van der Waals surface area contributed by atoms with E-state index in [2.05, 4.69) is 10.6 Å². The molecular weight excluding hydrogens is 214 g/mol. The molecule has 0 spiro atoms. The smallest absolute Gasteiger partial charge is 0.315 e. The van der Waals surface area contributed by atoms with E-state index in [0.717, 1.165) is 32.2 Å². The highest BCUT2D eigenvalue weighted by molar-refractivity contribution is 5.74. The second-order valence-electron chi connectivity index (χ2n) is 5.54. The quantitative estimate of drug-likeness (QED) is 0.702. The van der Waals surface area contributed by atoms with Crippen molar-refractivity contribution in [2.45, 2.75) is 63.5 Å². The fourth-order valence-corrected chi connectivity index (χ4v) is 3.02. The molecule has 2 aliphatic carbocycles. The Labute approximate surface area is 104 Å². The van der Waals surface area contributed by atoms with Crippen LogP contribution in [0, 0.1) is 5.92 Å². The summed E-state index contributed by atoms with van der Waals surface area (Å²) in [4.78, 5) is 11.7. The van der Waals surface area contributed by atoms with Crippen LogP contribution in [0.3, 0.4) is 0 Å². The summed E-state index contributed by atoms with van der Waals surface area (Å²) in [5, 5.41) is 6.02. The van der Waals surface area contributed by atoms with Crippen molar-refractivity contribution in [1.29, 1.82) is 0 Å². The van der Waals surface area contributed by atoms with Gasteiger partial charge in [0.1, 0.15) is 0 Å². The number of carbonyl (C=O) groups is 1.